The highest BCUT2D eigenvalue weighted by molar-refractivity contribution is 4.91. The van der Waals surface area contributed by atoms with Gasteiger partial charge >= 0.3 is 0 Å². The molecule has 3 aliphatic rings. The summed E-state index contributed by atoms with van der Waals surface area (Å²) in [6.07, 6.45) is 10.1. The molecule has 3 nitrogen and oxygen atoms in total. The molecule has 17 heavy (non-hydrogen) atoms. The third-order valence-electron chi connectivity index (χ3n) is 4.47. The van der Waals surface area contributed by atoms with Gasteiger partial charge in [0.15, 0.2) is 0 Å². The lowest BCUT2D eigenvalue weighted by Crippen LogP contribution is -2.35. The number of hydrogen-bond acceptors (Lipinski definition) is 3. The molecular formula is C14H26N2O. The van der Waals surface area contributed by atoms with Gasteiger partial charge in [-0.05, 0) is 32.1 Å². The third-order valence-corrected chi connectivity index (χ3v) is 4.47. The summed E-state index contributed by atoms with van der Waals surface area (Å²) >= 11 is 0. The Morgan fingerprint density at radius 3 is 2.65 bits per heavy atom. The zero-order valence-corrected chi connectivity index (χ0v) is 10.9. The standard InChI is InChI=1S/C14H26N2O/c1-2-4-14(3-1)17-10-8-15-12-7-9-16(11-12)13-5-6-13/h12-15H,1-11H2. The summed E-state index contributed by atoms with van der Waals surface area (Å²) < 4.78 is 5.87. The number of hydrogen-bond donors (Lipinski definition) is 1. The zero-order valence-electron chi connectivity index (χ0n) is 10.9. The first-order valence-electron chi connectivity index (χ1n) is 7.51. The summed E-state index contributed by atoms with van der Waals surface area (Å²) in [6.45, 7) is 4.53. The minimum absolute atomic E-state index is 0.573. The van der Waals surface area contributed by atoms with Crippen LogP contribution in [0.4, 0.5) is 0 Å². The molecule has 1 saturated heterocycles. The van der Waals surface area contributed by atoms with Gasteiger partial charge in [0, 0.05) is 31.7 Å². The molecule has 1 aliphatic heterocycles. The SMILES string of the molecule is C1CCC(OCCNC2CCN(C3CC3)C2)C1. The van der Waals surface area contributed by atoms with Crippen LogP contribution < -0.4 is 5.32 Å². The molecule has 0 radical (unpaired) electrons. The average molecular weight is 238 g/mol. The molecule has 0 aromatic heterocycles. The lowest BCUT2D eigenvalue weighted by Gasteiger charge is -2.16. The summed E-state index contributed by atoms with van der Waals surface area (Å²) in [5, 5.41) is 3.65. The maximum absolute atomic E-state index is 5.87. The van der Waals surface area contributed by atoms with E-state index in [1.807, 2.05) is 0 Å². The monoisotopic (exact) mass is 238 g/mol. The van der Waals surface area contributed by atoms with Gasteiger partial charge < -0.3 is 10.1 Å². The highest BCUT2D eigenvalue weighted by Crippen LogP contribution is 2.29. The number of ether oxygens (including phenoxy) is 1. The van der Waals surface area contributed by atoms with E-state index in [2.05, 4.69) is 10.2 Å². The van der Waals surface area contributed by atoms with Crippen LogP contribution in [0.5, 0.6) is 0 Å². The van der Waals surface area contributed by atoms with Gasteiger partial charge in [-0.3, -0.25) is 4.90 Å². The summed E-state index contributed by atoms with van der Waals surface area (Å²) in [5.74, 6) is 0. The fourth-order valence-electron chi connectivity index (χ4n) is 3.27. The van der Waals surface area contributed by atoms with Crippen molar-refractivity contribution >= 4 is 0 Å². The van der Waals surface area contributed by atoms with Gasteiger partial charge in [-0.25, -0.2) is 0 Å². The second-order valence-electron chi connectivity index (χ2n) is 5.94. The van der Waals surface area contributed by atoms with E-state index in [0.717, 1.165) is 25.2 Å². The van der Waals surface area contributed by atoms with Crippen molar-refractivity contribution in [2.75, 3.05) is 26.2 Å². The molecule has 0 spiro atoms. The Kier molecular flexibility index (Phi) is 3.99. The summed E-state index contributed by atoms with van der Waals surface area (Å²) in [5.41, 5.74) is 0. The van der Waals surface area contributed by atoms with E-state index < -0.39 is 0 Å². The highest BCUT2D eigenvalue weighted by Gasteiger charge is 2.33. The van der Waals surface area contributed by atoms with Crippen molar-refractivity contribution < 1.29 is 4.74 Å². The van der Waals surface area contributed by atoms with Gasteiger partial charge in [-0.15, -0.1) is 0 Å². The molecule has 3 fully saturated rings. The smallest absolute Gasteiger partial charge is 0.0594 e. The minimum Gasteiger partial charge on any atom is -0.377 e. The van der Waals surface area contributed by atoms with E-state index in [0.29, 0.717) is 6.10 Å². The Morgan fingerprint density at radius 2 is 1.88 bits per heavy atom. The molecular weight excluding hydrogens is 212 g/mol. The normalized spacial score (nSPS) is 31.4. The van der Waals surface area contributed by atoms with E-state index in [9.17, 15) is 0 Å². The topological polar surface area (TPSA) is 24.5 Å². The van der Waals surface area contributed by atoms with E-state index >= 15 is 0 Å². The van der Waals surface area contributed by atoms with Crippen LogP contribution in [0.25, 0.3) is 0 Å². The van der Waals surface area contributed by atoms with Gasteiger partial charge in [0.25, 0.3) is 0 Å². The Labute approximate surface area is 105 Å². The first kappa shape index (κ1) is 11.9. The van der Waals surface area contributed by atoms with Crippen LogP contribution in [0.15, 0.2) is 0 Å². The maximum atomic E-state index is 5.87. The lowest BCUT2D eigenvalue weighted by atomic mass is 10.2. The second-order valence-corrected chi connectivity index (χ2v) is 5.94. The summed E-state index contributed by atoms with van der Waals surface area (Å²) in [7, 11) is 0. The molecule has 1 N–H and O–H groups in total. The van der Waals surface area contributed by atoms with Crippen molar-refractivity contribution in [1.82, 2.24) is 10.2 Å². The van der Waals surface area contributed by atoms with E-state index in [1.165, 1.54) is 58.0 Å². The maximum Gasteiger partial charge on any atom is 0.0594 e. The molecule has 2 saturated carbocycles. The van der Waals surface area contributed by atoms with Crippen LogP contribution in [-0.4, -0.2) is 49.3 Å². The Hall–Kier alpha value is -0.120. The van der Waals surface area contributed by atoms with Crippen LogP contribution in [0.3, 0.4) is 0 Å². The van der Waals surface area contributed by atoms with Crippen molar-refractivity contribution in [1.29, 1.82) is 0 Å². The van der Waals surface area contributed by atoms with E-state index in [4.69, 9.17) is 4.74 Å². The predicted octanol–water partition coefficient (Wildman–Crippen LogP) is 1.77. The van der Waals surface area contributed by atoms with Crippen LogP contribution in [-0.2, 0) is 4.74 Å². The fourth-order valence-corrected chi connectivity index (χ4v) is 3.27. The molecule has 0 aromatic carbocycles. The van der Waals surface area contributed by atoms with Gasteiger partial charge in [0.05, 0.1) is 12.7 Å². The quantitative estimate of drug-likeness (QED) is 0.714. The molecule has 0 amide bonds. The largest absolute Gasteiger partial charge is 0.377 e. The predicted molar refractivity (Wildman–Crippen MR) is 69.2 cm³/mol. The summed E-state index contributed by atoms with van der Waals surface area (Å²) in [6, 6.07) is 1.67. The van der Waals surface area contributed by atoms with E-state index in [1.54, 1.807) is 0 Å². The van der Waals surface area contributed by atoms with Crippen LogP contribution in [0, 0.1) is 0 Å². The summed E-state index contributed by atoms with van der Waals surface area (Å²) in [4.78, 5) is 2.66. The van der Waals surface area contributed by atoms with Crippen molar-refractivity contribution in [3.05, 3.63) is 0 Å². The van der Waals surface area contributed by atoms with Crippen LogP contribution in [0.1, 0.15) is 44.9 Å². The van der Waals surface area contributed by atoms with Gasteiger partial charge in [0.1, 0.15) is 0 Å². The van der Waals surface area contributed by atoms with Gasteiger partial charge in [-0.1, -0.05) is 12.8 Å². The molecule has 98 valence electrons. The zero-order chi connectivity index (χ0) is 11.5. The fraction of sp³-hybridized carbons (Fsp3) is 1.00. The third kappa shape index (κ3) is 3.43. The van der Waals surface area contributed by atoms with Crippen molar-refractivity contribution in [2.24, 2.45) is 0 Å². The van der Waals surface area contributed by atoms with Crippen molar-refractivity contribution in [3.63, 3.8) is 0 Å². The average Bonchev–Trinajstić information content (AvgIpc) is 2.89. The molecule has 3 rings (SSSR count). The number of nitrogens with one attached hydrogen (secondary N) is 1. The molecule has 3 heteroatoms. The Bertz CT molecular complexity index is 236. The first-order valence-corrected chi connectivity index (χ1v) is 7.51. The van der Waals surface area contributed by atoms with Crippen molar-refractivity contribution in [2.45, 2.75) is 63.1 Å². The second kappa shape index (κ2) is 5.68. The number of nitrogens with zero attached hydrogens (tertiary/aromatic N) is 1. The van der Waals surface area contributed by atoms with Gasteiger partial charge in [-0.2, -0.15) is 0 Å². The number of rotatable bonds is 6. The molecule has 2 aliphatic carbocycles. The van der Waals surface area contributed by atoms with Crippen LogP contribution in [0.2, 0.25) is 0 Å². The Balaban J connectivity index is 1.24. The van der Waals surface area contributed by atoms with E-state index in [-0.39, 0.29) is 0 Å². The minimum atomic E-state index is 0.573. The molecule has 1 heterocycles. The molecule has 0 bridgehead atoms. The van der Waals surface area contributed by atoms with Crippen molar-refractivity contribution in [3.8, 4) is 0 Å². The highest BCUT2D eigenvalue weighted by atomic mass is 16.5. The molecule has 1 atom stereocenters. The lowest BCUT2D eigenvalue weighted by molar-refractivity contribution is 0.0592. The molecule has 0 aromatic rings. The van der Waals surface area contributed by atoms with Gasteiger partial charge in [0.2, 0.25) is 0 Å². The Morgan fingerprint density at radius 1 is 1.06 bits per heavy atom. The first-order chi connectivity index (χ1) is 8.42. The number of likely N-dealkylation sites (tertiary alicyclic amines) is 1. The van der Waals surface area contributed by atoms with Crippen LogP contribution >= 0.6 is 0 Å². The molecule has 1 unspecified atom stereocenters.